The molecule has 2 N–H and O–H groups in total. The van der Waals surface area contributed by atoms with Gasteiger partial charge in [0.05, 0.1) is 18.4 Å². The van der Waals surface area contributed by atoms with E-state index in [1.807, 2.05) is 49.4 Å². The Balaban J connectivity index is 1.71. The normalized spacial score (nSPS) is 24.1. The largest absolute Gasteiger partial charge is 0.481 e. The summed E-state index contributed by atoms with van der Waals surface area (Å²) in [6.45, 7) is 3.85. The van der Waals surface area contributed by atoms with Gasteiger partial charge in [0.2, 0.25) is 5.91 Å². The van der Waals surface area contributed by atoms with Crippen molar-refractivity contribution in [3.63, 3.8) is 0 Å². The van der Waals surface area contributed by atoms with Gasteiger partial charge in [-0.15, -0.1) is 11.3 Å². The number of carboxylic acids is 1. The third-order valence-corrected chi connectivity index (χ3v) is 7.22. The van der Waals surface area contributed by atoms with Crippen molar-refractivity contribution < 1.29 is 24.2 Å². The van der Waals surface area contributed by atoms with Crippen LogP contribution in [0.4, 0.5) is 5.00 Å². The Morgan fingerprint density at radius 2 is 1.74 bits per heavy atom. The minimum atomic E-state index is -0.947. The highest BCUT2D eigenvalue weighted by Gasteiger charge is 2.48. The summed E-state index contributed by atoms with van der Waals surface area (Å²) < 4.78 is 5.29. The Morgan fingerprint density at radius 3 is 2.32 bits per heavy atom. The average molecular weight is 440 g/mol. The molecule has 0 saturated heterocycles. The van der Waals surface area contributed by atoms with Crippen molar-refractivity contribution in [2.45, 2.75) is 26.7 Å². The highest BCUT2D eigenvalue weighted by molar-refractivity contribution is 7.17. The molecule has 162 valence electrons. The number of anilines is 1. The van der Waals surface area contributed by atoms with Crippen molar-refractivity contribution in [2.75, 3.05) is 11.9 Å². The molecule has 3 aliphatic carbocycles. The number of nitrogens with one attached hydrogen (secondary N) is 1. The summed E-state index contributed by atoms with van der Waals surface area (Å²) in [5.41, 5.74) is 1.93. The number of allylic oxidation sites excluding steroid dienone is 2. The number of benzene rings is 1. The molecule has 1 amide bonds. The minimum absolute atomic E-state index is 0.105. The van der Waals surface area contributed by atoms with Crippen LogP contribution in [0.5, 0.6) is 0 Å². The zero-order valence-corrected chi connectivity index (χ0v) is 18.3. The van der Waals surface area contributed by atoms with Gasteiger partial charge in [0.15, 0.2) is 0 Å². The molecule has 1 aromatic heterocycles. The molecule has 0 radical (unpaired) electrons. The maximum atomic E-state index is 13.3. The van der Waals surface area contributed by atoms with E-state index in [1.54, 1.807) is 6.92 Å². The van der Waals surface area contributed by atoms with E-state index in [0.29, 0.717) is 10.6 Å². The number of carbonyl (C=O) groups excluding carboxylic acids is 2. The molecule has 1 aromatic carbocycles. The van der Waals surface area contributed by atoms with E-state index < -0.39 is 23.8 Å². The number of aliphatic carboxylic acids is 1. The monoisotopic (exact) mass is 439 g/mol. The second-order valence-corrected chi connectivity index (χ2v) is 9.22. The van der Waals surface area contributed by atoms with Crippen LogP contribution in [0.2, 0.25) is 0 Å². The van der Waals surface area contributed by atoms with Crippen molar-refractivity contribution >= 4 is 34.2 Å². The lowest BCUT2D eigenvalue weighted by atomic mass is 9.62. The molecule has 4 atom stereocenters. The Labute approximate surface area is 184 Å². The molecule has 1 heterocycles. The van der Waals surface area contributed by atoms with Crippen molar-refractivity contribution in [3.8, 4) is 11.1 Å². The molecule has 2 aromatic rings. The van der Waals surface area contributed by atoms with E-state index in [4.69, 9.17) is 4.74 Å². The Hall–Kier alpha value is -2.93. The number of carboxylic acid groups (broad SMARTS) is 1. The number of aryl methyl sites for hydroxylation is 1. The lowest BCUT2D eigenvalue weighted by Gasteiger charge is -2.41. The van der Waals surface area contributed by atoms with Crippen LogP contribution in [-0.4, -0.2) is 29.6 Å². The first-order valence-electron chi connectivity index (χ1n) is 10.5. The van der Waals surface area contributed by atoms with E-state index in [0.717, 1.165) is 28.8 Å². The number of thiophene rings is 1. The third kappa shape index (κ3) is 3.90. The van der Waals surface area contributed by atoms with Crippen LogP contribution < -0.4 is 5.32 Å². The Bertz CT molecular complexity index is 1040. The SMILES string of the molecule is CCOC(=O)c1c(NC(=O)C2C3C=CC(CC3)C2C(=O)O)sc(C)c1-c1ccccc1. The van der Waals surface area contributed by atoms with Crippen LogP contribution >= 0.6 is 11.3 Å². The van der Waals surface area contributed by atoms with Gasteiger partial charge in [-0.3, -0.25) is 9.59 Å². The van der Waals surface area contributed by atoms with Gasteiger partial charge in [-0.2, -0.15) is 0 Å². The standard InChI is InChI=1S/C24H25NO5S/c1-3-30-24(29)20-17(14-7-5-4-6-8-14)13(2)31-22(20)25-21(26)18-15-9-11-16(12-10-15)19(18)23(27)28/h4-9,11,15-16,18-19H,3,10,12H2,1-2H3,(H,25,26)(H,27,28). The molecule has 31 heavy (non-hydrogen) atoms. The molecule has 6 nitrogen and oxygen atoms in total. The van der Waals surface area contributed by atoms with Gasteiger partial charge >= 0.3 is 11.9 Å². The molecule has 3 aliphatic rings. The molecule has 1 fully saturated rings. The van der Waals surface area contributed by atoms with E-state index in [-0.39, 0.29) is 24.3 Å². The van der Waals surface area contributed by atoms with Crippen molar-refractivity contribution in [1.29, 1.82) is 0 Å². The number of esters is 1. The maximum Gasteiger partial charge on any atom is 0.341 e. The fourth-order valence-corrected chi connectivity index (χ4v) is 5.93. The van der Waals surface area contributed by atoms with E-state index in [1.165, 1.54) is 11.3 Å². The number of rotatable bonds is 6. The summed E-state index contributed by atoms with van der Waals surface area (Å²) >= 11 is 1.31. The first-order valence-corrected chi connectivity index (χ1v) is 11.3. The predicted octanol–water partition coefficient (Wildman–Crippen LogP) is 4.75. The molecule has 2 bridgehead atoms. The molecular weight excluding hydrogens is 414 g/mol. The van der Waals surface area contributed by atoms with Crippen LogP contribution in [0.25, 0.3) is 11.1 Å². The summed E-state index contributed by atoms with van der Waals surface area (Å²) in [4.78, 5) is 39.0. The van der Waals surface area contributed by atoms with Crippen LogP contribution in [0.15, 0.2) is 42.5 Å². The molecule has 0 aliphatic heterocycles. The summed E-state index contributed by atoms with van der Waals surface area (Å²) in [5.74, 6) is -3.43. The molecule has 4 unspecified atom stereocenters. The first kappa shape index (κ1) is 21.3. The minimum Gasteiger partial charge on any atom is -0.481 e. The number of hydrogen-bond donors (Lipinski definition) is 2. The van der Waals surface area contributed by atoms with Gasteiger partial charge in [0, 0.05) is 10.4 Å². The van der Waals surface area contributed by atoms with E-state index in [9.17, 15) is 19.5 Å². The Kier molecular flexibility index (Phi) is 5.96. The van der Waals surface area contributed by atoms with Gasteiger partial charge in [-0.1, -0.05) is 42.5 Å². The maximum absolute atomic E-state index is 13.3. The van der Waals surface area contributed by atoms with E-state index in [2.05, 4.69) is 5.32 Å². The highest BCUT2D eigenvalue weighted by Crippen LogP contribution is 2.46. The number of ether oxygens (including phenoxy) is 1. The summed E-state index contributed by atoms with van der Waals surface area (Å²) in [6.07, 6.45) is 5.49. The summed E-state index contributed by atoms with van der Waals surface area (Å²) in [6, 6.07) is 9.50. The fourth-order valence-electron chi connectivity index (χ4n) is 4.87. The van der Waals surface area contributed by atoms with Crippen molar-refractivity contribution in [2.24, 2.45) is 23.7 Å². The van der Waals surface area contributed by atoms with Crippen molar-refractivity contribution in [1.82, 2.24) is 0 Å². The Morgan fingerprint density at radius 1 is 1.10 bits per heavy atom. The van der Waals surface area contributed by atoms with Crippen LogP contribution in [0, 0.1) is 30.6 Å². The van der Waals surface area contributed by atoms with E-state index >= 15 is 0 Å². The second kappa shape index (κ2) is 8.67. The van der Waals surface area contributed by atoms with Gasteiger partial charge in [0.1, 0.15) is 10.6 Å². The number of hydrogen-bond acceptors (Lipinski definition) is 5. The molecule has 7 heteroatoms. The van der Waals surface area contributed by atoms with Crippen LogP contribution in [0.3, 0.4) is 0 Å². The number of carbonyl (C=O) groups is 3. The lowest BCUT2D eigenvalue weighted by Crippen LogP contribution is -2.47. The van der Waals surface area contributed by atoms with Crippen molar-refractivity contribution in [3.05, 3.63) is 52.9 Å². The van der Waals surface area contributed by atoms with Gasteiger partial charge < -0.3 is 15.2 Å². The first-order chi connectivity index (χ1) is 14.9. The van der Waals surface area contributed by atoms with Gasteiger partial charge in [0.25, 0.3) is 0 Å². The smallest absolute Gasteiger partial charge is 0.341 e. The summed E-state index contributed by atoms with van der Waals surface area (Å²) in [7, 11) is 0. The molecule has 0 spiro atoms. The number of amides is 1. The zero-order valence-electron chi connectivity index (χ0n) is 17.5. The van der Waals surface area contributed by atoms with Gasteiger partial charge in [-0.05, 0) is 44.1 Å². The molecular formula is C24H25NO5S. The molecule has 5 rings (SSSR count). The number of fused-ring (bicyclic) bond motifs is 2. The van der Waals surface area contributed by atoms with Gasteiger partial charge in [-0.25, -0.2) is 4.79 Å². The second-order valence-electron chi connectivity index (χ2n) is 7.99. The van der Waals surface area contributed by atoms with Crippen LogP contribution in [0.1, 0.15) is 35.0 Å². The third-order valence-electron chi connectivity index (χ3n) is 6.20. The van der Waals surface area contributed by atoms with Crippen LogP contribution in [-0.2, 0) is 14.3 Å². The summed E-state index contributed by atoms with van der Waals surface area (Å²) in [5, 5.41) is 13.1. The molecule has 1 saturated carbocycles. The fraction of sp³-hybridized carbons (Fsp3) is 0.375. The predicted molar refractivity (Wildman–Crippen MR) is 119 cm³/mol. The average Bonchev–Trinajstić information content (AvgIpc) is 3.10. The highest BCUT2D eigenvalue weighted by atomic mass is 32.1. The lowest BCUT2D eigenvalue weighted by molar-refractivity contribution is -0.151. The quantitative estimate of drug-likeness (QED) is 0.500. The zero-order chi connectivity index (χ0) is 22.1. The topological polar surface area (TPSA) is 92.7 Å².